The molecule has 0 aromatic carbocycles. The summed E-state index contributed by atoms with van der Waals surface area (Å²) in [5.41, 5.74) is -0.880. The van der Waals surface area contributed by atoms with Crippen LogP contribution < -0.4 is 5.32 Å². The highest BCUT2D eigenvalue weighted by Crippen LogP contribution is 2.24. The maximum Gasteiger partial charge on any atom is 0.231 e. The number of nitrogens with zero attached hydrogens (tertiary/aromatic N) is 4. The first-order valence-electron chi connectivity index (χ1n) is 7.73. The Kier molecular flexibility index (Phi) is 5.67. The van der Waals surface area contributed by atoms with Gasteiger partial charge < -0.3 is 9.73 Å². The molecule has 1 unspecified atom stereocenters. The summed E-state index contributed by atoms with van der Waals surface area (Å²) in [7, 11) is 0. The lowest BCUT2D eigenvalue weighted by atomic mass is 9.90. The van der Waals surface area contributed by atoms with E-state index in [4.69, 9.17) is 4.42 Å². The zero-order valence-electron chi connectivity index (χ0n) is 14.2. The molecule has 2 heterocycles. The highest BCUT2D eigenvalue weighted by molar-refractivity contribution is 7.99. The molecular weight excluding hydrogens is 326 g/mol. The van der Waals surface area contributed by atoms with Crippen molar-refractivity contribution in [3.63, 3.8) is 0 Å². The molecule has 7 nitrogen and oxygen atoms in total. The van der Waals surface area contributed by atoms with Crippen molar-refractivity contribution in [1.82, 2.24) is 20.1 Å². The number of nitrogens with one attached hydrogen (secondary N) is 1. The van der Waals surface area contributed by atoms with Crippen molar-refractivity contribution >= 4 is 17.7 Å². The molecule has 2 rings (SSSR count). The molecule has 0 aliphatic heterocycles. The van der Waals surface area contributed by atoms with E-state index in [-0.39, 0.29) is 17.6 Å². The van der Waals surface area contributed by atoms with Gasteiger partial charge in [0.15, 0.2) is 16.7 Å². The second-order valence-electron chi connectivity index (χ2n) is 5.83. The Morgan fingerprint density at radius 3 is 2.83 bits per heavy atom. The minimum Gasteiger partial charge on any atom is -0.461 e. The molecule has 1 amide bonds. The molecule has 0 aliphatic rings. The quantitative estimate of drug-likeness (QED) is 0.774. The fourth-order valence-corrected chi connectivity index (χ4v) is 2.83. The fourth-order valence-electron chi connectivity index (χ4n) is 2.03. The summed E-state index contributed by atoms with van der Waals surface area (Å²) >= 11 is 1.29. The van der Waals surface area contributed by atoms with Crippen LogP contribution in [0.15, 0.2) is 28.0 Å². The first-order valence-corrected chi connectivity index (χ1v) is 8.72. The van der Waals surface area contributed by atoms with Gasteiger partial charge in [-0.3, -0.25) is 9.36 Å². The van der Waals surface area contributed by atoms with Crippen molar-refractivity contribution in [3.8, 4) is 17.7 Å². The van der Waals surface area contributed by atoms with Crippen molar-refractivity contribution < 1.29 is 9.21 Å². The van der Waals surface area contributed by atoms with Crippen molar-refractivity contribution in [2.45, 2.75) is 44.9 Å². The normalized spacial score (nSPS) is 13.5. The molecule has 128 valence electrons. The van der Waals surface area contributed by atoms with E-state index in [1.54, 1.807) is 19.3 Å². The van der Waals surface area contributed by atoms with E-state index in [1.807, 2.05) is 31.4 Å². The number of furan rings is 1. The van der Waals surface area contributed by atoms with Crippen LogP contribution in [0.5, 0.6) is 0 Å². The molecule has 0 aliphatic carbocycles. The molecule has 0 bridgehead atoms. The minimum absolute atomic E-state index is 0.0151. The van der Waals surface area contributed by atoms with E-state index >= 15 is 0 Å². The summed E-state index contributed by atoms with van der Waals surface area (Å²) in [6.45, 7) is 8.17. The average molecular weight is 347 g/mol. The van der Waals surface area contributed by atoms with Crippen LogP contribution in [0.25, 0.3) is 11.6 Å². The van der Waals surface area contributed by atoms with Gasteiger partial charge in [0.1, 0.15) is 5.54 Å². The van der Waals surface area contributed by atoms with E-state index in [1.165, 1.54) is 11.8 Å². The van der Waals surface area contributed by atoms with Gasteiger partial charge in [-0.2, -0.15) is 5.26 Å². The number of thioether (sulfide) groups is 1. The standard InChI is InChI=1S/C16H21N5O2S/c1-5-21-14(12-7-6-8-23-12)19-20-15(21)24-9-13(22)18-16(4,10-17)11(2)3/h6-8,11H,5,9H2,1-4H3,(H,18,22). The van der Waals surface area contributed by atoms with Gasteiger partial charge in [0, 0.05) is 6.54 Å². The molecule has 0 saturated heterocycles. The Labute approximate surface area is 145 Å². The van der Waals surface area contributed by atoms with Crippen LogP contribution in [0.4, 0.5) is 0 Å². The highest BCUT2D eigenvalue weighted by Gasteiger charge is 2.30. The summed E-state index contributed by atoms with van der Waals surface area (Å²) in [4.78, 5) is 12.2. The molecular formula is C16H21N5O2S. The predicted octanol–water partition coefficient (Wildman–Crippen LogP) is 2.70. The molecule has 2 aromatic rings. The van der Waals surface area contributed by atoms with Crippen LogP contribution in [0.1, 0.15) is 27.7 Å². The number of rotatable bonds is 7. The summed E-state index contributed by atoms with van der Waals surface area (Å²) in [6, 6.07) is 5.77. The summed E-state index contributed by atoms with van der Waals surface area (Å²) < 4.78 is 7.25. The number of hydrogen-bond donors (Lipinski definition) is 1. The van der Waals surface area contributed by atoms with Gasteiger partial charge >= 0.3 is 0 Å². The van der Waals surface area contributed by atoms with Crippen molar-refractivity contribution in [2.24, 2.45) is 5.92 Å². The first kappa shape index (κ1) is 18.1. The smallest absolute Gasteiger partial charge is 0.231 e. The lowest BCUT2D eigenvalue weighted by Gasteiger charge is -2.27. The highest BCUT2D eigenvalue weighted by atomic mass is 32.2. The third kappa shape index (κ3) is 3.79. The number of carbonyl (C=O) groups excluding carboxylic acids is 1. The fraction of sp³-hybridized carbons (Fsp3) is 0.500. The first-order chi connectivity index (χ1) is 11.4. The summed E-state index contributed by atoms with van der Waals surface area (Å²) in [5.74, 6) is 1.25. The van der Waals surface area contributed by atoms with E-state index in [9.17, 15) is 10.1 Å². The summed E-state index contributed by atoms with van der Waals surface area (Å²) in [5, 5.41) is 21.0. The van der Waals surface area contributed by atoms with Crippen LogP contribution in [-0.4, -0.2) is 32.0 Å². The van der Waals surface area contributed by atoms with Crippen molar-refractivity contribution in [3.05, 3.63) is 18.4 Å². The molecule has 0 fully saturated rings. The monoisotopic (exact) mass is 347 g/mol. The summed E-state index contributed by atoms with van der Waals surface area (Å²) in [6.07, 6.45) is 1.58. The minimum atomic E-state index is -0.880. The van der Waals surface area contributed by atoms with E-state index in [0.717, 1.165) is 0 Å². The Balaban J connectivity index is 2.05. The Morgan fingerprint density at radius 1 is 1.54 bits per heavy atom. The largest absolute Gasteiger partial charge is 0.461 e. The Bertz CT molecular complexity index is 732. The van der Waals surface area contributed by atoms with Crippen LogP contribution >= 0.6 is 11.8 Å². The maximum absolute atomic E-state index is 12.2. The lowest BCUT2D eigenvalue weighted by molar-refractivity contribution is -0.120. The number of carbonyl (C=O) groups is 1. The van der Waals surface area contributed by atoms with Crippen LogP contribution in [0.3, 0.4) is 0 Å². The maximum atomic E-state index is 12.2. The van der Waals surface area contributed by atoms with Gasteiger partial charge in [-0.1, -0.05) is 25.6 Å². The van der Waals surface area contributed by atoms with Gasteiger partial charge in [0.2, 0.25) is 5.91 Å². The van der Waals surface area contributed by atoms with Gasteiger partial charge in [0.05, 0.1) is 18.1 Å². The molecule has 24 heavy (non-hydrogen) atoms. The molecule has 0 saturated carbocycles. The Morgan fingerprint density at radius 2 is 2.29 bits per heavy atom. The second-order valence-corrected chi connectivity index (χ2v) is 6.78. The lowest BCUT2D eigenvalue weighted by Crippen LogP contribution is -2.49. The van der Waals surface area contributed by atoms with Gasteiger partial charge in [-0.25, -0.2) is 0 Å². The van der Waals surface area contributed by atoms with Gasteiger partial charge in [-0.15, -0.1) is 10.2 Å². The molecule has 1 atom stereocenters. The number of aromatic nitrogens is 3. The zero-order chi connectivity index (χ0) is 17.7. The third-order valence-electron chi connectivity index (χ3n) is 3.89. The topological polar surface area (TPSA) is 96.7 Å². The van der Waals surface area contributed by atoms with Crippen LogP contribution in [0, 0.1) is 17.2 Å². The Hall–Kier alpha value is -2.27. The average Bonchev–Trinajstić information content (AvgIpc) is 3.21. The van der Waals surface area contributed by atoms with E-state index < -0.39 is 5.54 Å². The molecule has 0 radical (unpaired) electrons. The second kappa shape index (κ2) is 7.53. The molecule has 0 spiro atoms. The van der Waals surface area contributed by atoms with Crippen LogP contribution in [0.2, 0.25) is 0 Å². The number of amides is 1. The number of hydrogen-bond acceptors (Lipinski definition) is 6. The van der Waals surface area contributed by atoms with E-state index in [0.29, 0.717) is 23.3 Å². The molecule has 2 aromatic heterocycles. The van der Waals surface area contributed by atoms with Crippen molar-refractivity contribution in [2.75, 3.05) is 5.75 Å². The van der Waals surface area contributed by atoms with Crippen molar-refractivity contribution in [1.29, 1.82) is 5.26 Å². The molecule has 8 heteroatoms. The molecule has 1 N–H and O–H groups in total. The number of nitriles is 1. The SMILES string of the molecule is CCn1c(SCC(=O)NC(C)(C#N)C(C)C)nnc1-c1ccco1. The predicted molar refractivity (Wildman–Crippen MR) is 91.1 cm³/mol. The van der Waals surface area contributed by atoms with E-state index in [2.05, 4.69) is 21.6 Å². The van der Waals surface area contributed by atoms with Gasteiger partial charge in [0.25, 0.3) is 0 Å². The zero-order valence-corrected chi connectivity index (χ0v) is 15.1. The van der Waals surface area contributed by atoms with Crippen LogP contribution in [-0.2, 0) is 11.3 Å². The van der Waals surface area contributed by atoms with Gasteiger partial charge in [-0.05, 0) is 31.9 Å². The third-order valence-corrected chi connectivity index (χ3v) is 4.86.